The Morgan fingerprint density at radius 1 is 1.00 bits per heavy atom. The lowest BCUT2D eigenvalue weighted by Gasteiger charge is -2.10. The summed E-state index contributed by atoms with van der Waals surface area (Å²) in [7, 11) is 1.90. The van der Waals surface area contributed by atoms with Crippen LogP contribution in [0.3, 0.4) is 0 Å². The van der Waals surface area contributed by atoms with E-state index >= 15 is 0 Å². The van der Waals surface area contributed by atoms with E-state index in [-0.39, 0.29) is 11.9 Å². The summed E-state index contributed by atoms with van der Waals surface area (Å²) in [6, 6.07) is 17.7. The molecule has 0 aliphatic heterocycles. The molecule has 1 N–H and O–H groups in total. The van der Waals surface area contributed by atoms with E-state index in [1.807, 2.05) is 55.9 Å². The molecule has 0 fully saturated rings. The van der Waals surface area contributed by atoms with Crippen LogP contribution in [0, 0.1) is 20.8 Å². The molecule has 0 aliphatic rings. The Hall–Kier alpha value is -4.33. The molecule has 0 aliphatic carbocycles. The minimum Gasteiger partial charge on any atom is -0.289 e. The number of hydrogen-bond acceptors (Lipinski definition) is 5. The van der Waals surface area contributed by atoms with E-state index in [2.05, 4.69) is 51.7 Å². The first-order chi connectivity index (χ1) is 16.4. The number of aromatic nitrogens is 6. The van der Waals surface area contributed by atoms with Gasteiger partial charge in [-0.2, -0.15) is 5.10 Å². The second-order valence-electron chi connectivity index (χ2n) is 8.45. The fourth-order valence-corrected chi connectivity index (χ4v) is 4.11. The number of amides is 1. The number of hydrogen-bond donors (Lipinski definition) is 1. The molecule has 1 amide bonds. The fourth-order valence-electron chi connectivity index (χ4n) is 4.11. The van der Waals surface area contributed by atoms with Crippen molar-refractivity contribution in [2.75, 3.05) is 5.32 Å². The van der Waals surface area contributed by atoms with Crippen molar-refractivity contribution in [3.05, 3.63) is 89.0 Å². The van der Waals surface area contributed by atoms with Gasteiger partial charge in [0.25, 0.3) is 5.91 Å². The molecule has 3 heterocycles. The first kappa shape index (κ1) is 21.5. The molecule has 0 saturated heterocycles. The number of fused-ring (bicyclic) bond motifs is 1. The molecular formula is C26H25N7O. The summed E-state index contributed by atoms with van der Waals surface area (Å²) in [5.41, 5.74) is 7.07. The largest absolute Gasteiger partial charge is 0.289 e. The van der Waals surface area contributed by atoms with Gasteiger partial charge in [0, 0.05) is 23.7 Å². The van der Waals surface area contributed by atoms with Gasteiger partial charge < -0.3 is 0 Å². The standard InChI is InChI=1S/C26H25N7O/c1-16-9-11-19(12-10-16)14-33-15-27-26(31-33)29-25(34)21-13-23(24-17(2)30-32(4)18(24)3)28-22-8-6-5-7-20(21)22/h5-13,15H,14H2,1-4H3,(H,29,31,34). The van der Waals surface area contributed by atoms with E-state index in [1.165, 1.54) is 5.56 Å². The number of nitrogens with zero attached hydrogens (tertiary/aromatic N) is 6. The summed E-state index contributed by atoms with van der Waals surface area (Å²) < 4.78 is 3.53. The molecule has 170 valence electrons. The first-order valence-corrected chi connectivity index (χ1v) is 11.1. The van der Waals surface area contributed by atoms with E-state index in [9.17, 15) is 4.79 Å². The third-order valence-corrected chi connectivity index (χ3v) is 5.95. The van der Waals surface area contributed by atoms with Gasteiger partial charge in [0.15, 0.2) is 0 Å². The van der Waals surface area contributed by atoms with Crippen LogP contribution in [0.2, 0.25) is 0 Å². The summed E-state index contributed by atoms with van der Waals surface area (Å²) >= 11 is 0. The zero-order valence-corrected chi connectivity index (χ0v) is 19.6. The molecule has 0 radical (unpaired) electrons. The van der Waals surface area contributed by atoms with Crippen LogP contribution < -0.4 is 5.32 Å². The molecule has 34 heavy (non-hydrogen) atoms. The van der Waals surface area contributed by atoms with Crippen molar-refractivity contribution in [3.63, 3.8) is 0 Å². The first-order valence-electron chi connectivity index (χ1n) is 11.1. The number of benzene rings is 2. The van der Waals surface area contributed by atoms with Gasteiger partial charge in [-0.15, -0.1) is 5.10 Å². The van der Waals surface area contributed by atoms with Gasteiger partial charge in [0.1, 0.15) is 6.33 Å². The van der Waals surface area contributed by atoms with E-state index in [0.29, 0.717) is 17.8 Å². The van der Waals surface area contributed by atoms with Gasteiger partial charge in [0.05, 0.1) is 29.0 Å². The fraction of sp³-hybridized carbons (Fsp3) is 0.192. The van der Waals surface area contributed by atoms with Crippen LogP contribution in [-0.4, -0.2) is 35.4 Å². The van der Waals surface area contributed by atoms with Crippen LogP contribution in [-0.2, 0) is 13.6 Å². The van der Waals surface area contributed by atoms with Gasteiger partial charge in [0.2, 0.25) is 5.95 Å². The predicted molar refractivity (Wildman–Crippen MR) is 132 cm³/mol. The molecule has 2 aromatic carbocycles. The Morgan fingerprint density at radius 3 is 2.50 bits per heavy atom. The highest BCUT2D eigenvalue weighted by Crippen LogP contribution is 2.29. The maximum absolute atomic E-state index is 13.3. The summed E-state index contributed by atoms with van der Waals surface area (Å²) in [6.45, 7) is 6.57. The quantitative estimate of drug-likeness (QED) is 0.426. The van der Waals surface area contributed by atoms with Gasteiger partial charge in [-0.25, -0.2) is 14.6 Å². The Labute approximate surface area is 197 Å². The van der Waals surface area contributed by atoms with Crippen molar-refractivity contribution in [2.45, 2.75) is 27.3 Å². The van der Waals surface area contributed by atoms with Gasteiger partial charge in [-0.3, -0.25) is 14.8 Å². The van der Waals surface area contributed by atoms with Gasteiger partial charge in [-0.1, -0.05) is 48.0 Å². The van der Waals surface area contributed by atoms with Crippen LogP contribution >= 0.6 is 0 Å². The lowest BCUT2D eigenvalue weighted by atomic mass is 10.0. The third kappa shape index (κ3) is 4.05. The molecule has 0 saturated carbocycles. The van der Waals surface area contributed by atoms with E-state index in [1.54, 1.807) is 11.0 Å². The van der Waals surface area contributed by atoms with Crippen molar-refractivity contribution in [1.82, 2.24) is 29.5 Å². The Morgan fingerprint density at radius 2 is 1.76 bits per heavy atom. The molecule has 0 spiro atoms. The second kappa shape index (κ2) is 8.55. The lowest BCUT2D eigenvalue weighted by molar-refractivity contribution is 0.102. The maximum atomic E-state index is 13.3. The van der Waals surface area contributed by atoms with Crippen LogP contribution in [0.4, 0.5) is 5.95 Å². The second-order valence-corrected chi connectivity index (χ2v) is 8.45. The van der Waals surface area contributed by atoms with Crippen molar-refractivity contribution < 1.29 is 4.79 Å². The molecule has 3 aromatic heterocycles. The Kier molecular flexibility index (Phi) is 5.41. The van der Waals surface area contributed by atoms with Crippen molar-refractivity contribution in [2.24, 2.45) is 7.05 Å². The average molecular weight is 452 g/mol. The lowest BCUT2D eigenvalue weighted by Crippen LogP contribution is -2.14. The topological polar surface area (TPSA) is 90.5 Å². The summed E-state index contributed by atoms with van der Waals surface area (Å²) in [6.07, 6.45) is 1.62. The predicted octanol–water partition coefficient (Wildman–Crippen LogP) is 4.45. The van der Waals surface area contributed by atoms with E-state index in [0.717, 1.165) is 33.4 Å². The zero-order valence-electron chi connectivity index (χ0n) is 19.6. The van der Waals surface area contributed by atoms with Crippen LogP contribution in [0.5, 0.6) is 0 Å². The SMILES string of the molecule is Cc1ccc(Cn2cnc(NC(=O)c3cc(-c4c(C)nn(C)c4C)nc4ccccc34)n2)cc1. The molecule has 8 heteroatoms. The highest BCUT2D eigenvalue weighted by Gasteiger charge is 2.19. The van der Waals surface area contributed by atoms with Crippen LogP contribution in [0.25, 0.3) is 22.2 Å². The Balaban J connectivity index is 1.46. The van der Waals surface area contributed by atoms with E-state index < -0.39 is 0 Å². The monoisotopic (exact) mass is 451 g/mol. The number of carbonyl (C=O) groups is 1. The molecule has 0 unspecified atom stereocenters. The molecule has 0 bridgehead atoms. The number of carbonyl (C=O) groups excluding carboxylic acids is 1. The number of nitrogens with one attached hydrogen (secondary N) is 1. The van der Waals surface area contributed by atoms with E-state index in [4.69, 9.17) is 4.98 Å². The minimum atomic E-state index is -0.285. The van der Waals surface area contributed by atoms with Crippen molar-refractivity contribution in [3.8, 4) is 11.3 Å². The summed E-state index contributed by atoms with van der Waals surface area (Å²) in [4.78, 5) is 22.4. The molecule has 5 rings (SSSR count). The smallest absolute Gasteiger partial charge is 0.258 e. The zero-order chi connectivity index (χ0) is 23.8. The summed E-state index contributed by atoms with van der Waals surface area (Å²) in [5, 5.41) is 12.5. The van der Waals surface area contributed by atoms with Crippen LogP contribution in [0.1, 0.15) is 32.9 Å². The van der Waals surface area contributed by atoms with Crippen molar-refractivity contribution >= 4 is 22.8 Å². The maximum Gasteiger partial charge on any atom is 0.258 e. The highest BCUT2D eigenvalue weighted by atomic mass is 16.1. The van der Waals surface area contributed by atoms with Crippen molar-refractivity contribution in [1.29, 1.82) is 0 Å². The van der Waals surface area contributed by atoms with Gasteiger partial charge >= 0.3 is 0 Å². The number of para-hydroxylation sites is 1. The highest BCUT2D eigenvalue weighted by molar-refractivity contribution is 6.12. The average Bonchev–Trinajstić information content (AvgIpc) is 3.36. The Bertz CT molecular complexity index is 1510. The number of anilines is 1. The minimum absolute atomic E-state index is 0.258. The molecule has 5 aromatic rings. The normalized spacial score (nSPS) is 11.2. The third-order valence-electron chi connectivity index (χ3n) is 5.95. The van der Waals surface area contributed by atoms with Crippen LogP contribution in [0.15, 0.2) is 60.9 Å². The van der Waals surface area contributed by atoms with Gasteiger partial charge in [-0.05, 0) is 38.5 Å². The molecular weight excluding hydrogens is 426 g/mol. The number of aryl methyl sites for hydroxylation is 3. The molecule has 0 atom stereocenters. The number of rotatable bonds is 5. The summed E-state index contributed by atoms with van der Waals surface area (Å²) in [5.74, 6) is -0.0274. The molecule has 8 nitrogen and oxygen atoms in total. The number of pyridine rings is 1.